The molecule has 102 valence electrons. The minimum absolute atomic E-state index is 0.0663. The van der Waals surface area contributed by atoms with Crippen molar-refractivity contribution in [3.05, 3.63) is 39.7 Å². The fourth-order valence-corrected chi connectivity index (χ4v) is 2.56. The van der Waals surface area contributed by atoms with Gasteiger partial charge < -0.3 is 0 Å². The minimum atomic E-state index is -0.830. The van der Waals surface area contributed by atoms with E-state index in [4.69, 9.17) is 0 Å². The maximum atomic E-state index is 13.5. The number of ketones is 1. The number of carbonyl (C=O) groups excluding carboxylic acids is 1. The highest BCUT2D eigenvalue weighted by molar-refractivity contribution is 5.81. The van der Waals surface area contributed by atoms with E-state index < -0.39 is 16.4 Å². The zero-order chi connectivity index (χ0) is 13.8. The van der Waals surface area contributed by atoms with Crippen LogP contribution in [0, 0.1) is 21.8 Å². The molecule has 19 heavy (non-hydrogen) atoms. The van der Waals surface area contributed by atoms with Crippen molar-refractivity contribution in [1.29, 1.82) is 0 Å². The van der Waals surface area contributed by atoms with Gasteiger partial charge in [-0.05, 0) is 30.9 Å². The molecular formula is C14H16FNO3. The van der Waals surface area contributed by atoms with E-state index in [0.29, 0.717) is 18.4 Å². The lowest BCUT2D eigenvalue weighted by Crippen LogP contribution is -2.15. The van der Waals surface area contributed by atoms with Crippen molar-refractivity contribution >= 4 is 11.5 Å². The summed E-state index contributed by atoms with van der Waals surface area (Å²) in [5.41, 5.74) is 0.138. The zero-order valence-electron chi connectivity index (χ0n) is 10.6. The Hall–Kier alpha value is -1.78. The summed E-state index contributed by atoms with van der Waals surface area (Å²) in [6, 6.07) is 3.89. The molecule has 1 unspecified atom stereocenters. The number of Topliss-reactive ketones (excluding diaryl/α,β-unsaturated/α-hetero) is 1. The Balaban J connectivity index is 2.12. The third-order valence-electron chi connectivity index (χ3n) is 3.62. The second-order valence-electron chi connectivity index (χ2n) is 5.01. The number of nitro benzene ring substituents is 1. The molecule has 1 aromatic carbocycles. The SMILES string of the molecule is O=C1CCCCCC1Cc1ccc([N+](=O)[O-])c(F)c1. The van der Waals surface area contributed by atoms with Gasteiger partial charge in [-0.15, -0.1) is 0 Å². The molecule has 1 aliphatic carbocycles. The Morgan fingerprint density at radius 2 is 2.11 bits per heavy atom. The molecule has 0 spiro atoms. The Bertz CT molecular complexity index is 501. The molecule has 0 aliphatic heterocycles. The topological polar surface area (TPSA) is 60.2 Å². The first-order valence-corrected chi connectivity index (χ1v) is 6.53. The lowest BCUT2D eigenvalue weighted by Gasteiger charge is -2.12. The van der Waals surface area contributed by atoms with E-state index in [1.165, 1.54) is 12.1 Å². The Labute approximate surface area is 110 Å². The number of halogens is 1. The molecule has 0 saturated heterocycles. The van der Waals surface area contributed by atoms with Gasteiger partial charge >= 0.3 is 5.69 Å². The number of nitrogens with zero attached hydrogens (tertiary/aromatic N) is 1. The molecule has 1 atom stereocenters. The van der Waals surface area contributed by atoms with Crippen LogP contribution in [0.5, 0.6) is 0 Å². The molecule has 0 bridgehead atoms. The summed E-state index contributed by atoms with van der Waals surface area (Å²) in [5.74, 6) is -0.664. The second kappa shape index (κ2) is 5.91. The van der Waals surface area contributed by atoms with Crippen molar-refractivity contribution < 1.29 is 14.1 Å². The minimum Gasteiger partial charge on any atom is -0.299 e. The number of carbonyl (C=O) groups is 1. The quantitative estimate of drug-likeness (QED) is 0.478. The van der Waals surface area contributed by atoms with Crippen LogP contribution >= 0.6 is 0 Å². The van der Waals surface area contributed by atoms with E-state index in [2.05, 4.69) is 0 Å². The lowest BCUT2D eigenvalue weighted by atomic mass is 9.91. The molecule has 1 aliphatic rings. The van der Waals surface area contributed by atoms with Gasteiger partial charge in [0.05, 0.1) is 4.92 Å². The van der Waals surface area contributed by atoms with Crippen molar-refractivity contribution in [2.45, 2.75) is 38.5 Å². The standard InChI is InChI=1S/C14H16FNO3/c15-12-9-10(6-7-13(12)16(18)19)8-11-4-2-1-3-5-14(11)17/h6-7,9,11H,1-5,8H2. The van der Waals surface area contributed by atoms with Gasteiger partial charge in [0, 0.05) is 18.4 Å². The van der Waals surface area contributed by atoms with Crippen LogP contribution in [0.1, 0.15) is 37.7 Å². The van der Waals surface area contributed by atoms with Crippen molar-refractivity contribution in [1.82, 2.24) is 0 Å². The van der Waals surface area contributed by atoms with Crippen LogP contribution in [-0.2, 0) is 11.2 Å². The number of rotatable bonds is 3. The molecule has 0 N–H and O–H groups in total. The molecule has 0 amide bonds. The van der Waals surface area contributed by atoms with Crippen molar-refractivity contribution in [2.24, 2.45) is 5.92 Å². The van der Waals surface area contributed by atoms with E-state index in [0.717, 1.165) is 25.7 Å². The lowest BCUT2D eigenvalue weighted by molar-refractivity contribution is -0.387. The number of hydrogen-bond acceptors (Lipinski definition) is 3. The van der Waals surface area contributed by atoms with Crippen molar-refractivity contribution in [3.63, 3.8) is 0 Å². The van der Waals surface area contributed by atoms with Crippen LogP contribution in [0.15, 0.2) is 18.2 Å². The largest absolute Gasteiger partial charge is 0.304 e. The van der Waals surface area contributed by atoms with Gasteiger partial charge in [0.2, 0.25) is 5.82 Å². The highest BCUT2D eigenvalue weighted by Crippen LogP contribution is 2.25. The number of hydrogen-bond donors (Lipinski definition) is 0. The molecular weight excluding hydrogens is 249 g/mol. The number of nitro groups is 1. The average molecular weight is 265 g/mol. The van der Waals surface area contributed by atoms with Gasteiger partial charge in [-0.1, -0.05) is 18.9 Å². The van der Waals surface area contributed by atoms with E-state index in [9.17, 15) is 19.3 Å². The van der Waals surface area contributed by atoms with Crippen LogP contribution in [0.4, 0.5) is 10.1 Å². The maximum absolute atomic E-state index is 13.5. The summed E-state index contributed by atoms with van der Waals surface area (Å²) in [5, 5.41) is 10.5. The Morgan fingerprint density at radius 1 is 1.32 bits per heavy atom. The van der Waals surface area contributed by atoms with Crippen LogP contribution in [0.25, 0.3) is 0 Å². The first-order valence-electron chi connectivity index (χ1n) is 6.53. The fourth-order valence-electron chi connectivity index (χ4n) is 2.56. The van der Waals surface area contributed by atoms with Gasteiger partial charge in [-0.3, -0.25) is 14.9 Å². The van der Waals surface area contributed by atoms with Crippen molar-refractivity contribution in [2.75, 3.05) is 0 Å². The summed E-state index contributed by atoms with van der Waals surface area (Å²) >= 11 is 0. The van der Waals surface area contributed by atoms with E-state index in [1.54, 1.807) is 6.07 Å². The molecule has 1 aromatic rings. The smallest absolute Gasteiger partial charge is 0.299 e. The summed E-state index contributed by atoms with van der Waals surface area (Å²) in [6.45, 7) is 0. The van der Waals surface area contributed by atoms with Gasteiger partial charge in [-0.25, -0.2) is 0 Å². The number of benzene rings is 1. The van der Waals surface area contributed by atoms with E-state index in [1.807, 2.05) is 0 Å². The van der Waals surface area contributed by atoms with Gasteiger partial charge in [-0.2, -0.15) is 4.39 Å². The highest BCUT2D eigenvalue weighted by Gasteiger charge is 2.22. The third-order valence-corrected chi connectivity index (χ3v) is 3.62. The summed E-state index contributed by atoms with van der Waals surface area (Å²) < 4.78 is 13.5. The van der Waals surface area contributed by atoms with Gasteiger partial charge in [0.25, 0.3) is 0 Å². The normalized spacial score (nSPS) is 20.1. The monoisotopic (exact) mass is 265 g/mol. The molecule has 5 heteroatoms. The van der Waals surface area contributed by atoms with Crippen LogP contribution < -0.4 is 0 Å². The molecule has 0 radical (unpaired) electrons. The summed E-state index contributed by atoms with van der Waals surface area (Å²) in [7, 11) is 0. The van der Waals surface area contributed by atoms with E-state index >= 15 is 0 Å². The highest BCUT2D eigenvalue weighted by atomic mass is 19.1. The molecule has 0 heterocycles. The van der Waals surface area contributed by atoms with Crippen molar-refractivity contribution in [3.8, 4) is 0 Å². The Morgan fingerprint density at radius 3 is 2.79 bits per heavy atom. The van der Waals surface area contributed by atoms with Gasteiger partial charge in [0.15, 0.2) is 0 Å². The fraction of sp³-hybridized carbons (Fsp3) is 0.500. The molecule has 2 rings (SSSR count). The molecule has 4 nitrogen and oxygen atoms in total. The van der Waals surface area contributed by atoms with Crippen LogP contribution in [0.3, 0.4) is 0 Å². The molecule has 1 saturated carbocycles. The van der Waals surface area contributed by atoms with Gasteiger partial charge in [0.1, 0.15) is 5.78 Å². The molecule has 1 fully saturated rings. The second-order valence-corrected chi connectivity index (χ2v) is 5.01. The maximum Gasteiger partial charge on any atom is 0.304 e. The first kappa shape index (κ1) is 13.6. The summed E-state index contributed by atoms with van der Waals surface area (Å²) in [6.07, 6.45) is 4.93. The average Bonchev–Trinajstić information content (AvgIpc) is 2.55. The zero-order valence-corrected chi connectivity index (χ0v) is 10.6. The molecule has 0 aromatic heterocycles. The van der Waals surface area contributed by atoms with Crippen LogP contribution in [-0.4, -0.2) is 10.7 Å². The third kappa shape index (κ3) is 3.36. The first-order chi connectivity index (χ1) is 9.08. The predicted molar refractivity (Wildman–Crippen MR) is 68.3 cm³/mol. The summed E-state index contributed by atoms with van der Waals surface area (Å²) in [4.78, 5) is 21.7. The predicted octanol–water partition coefficient (Wildman–Crippen LogP) is 3.43. The Kier molecular flexibility index (Phi) is 4.24. The van der Waals surface area contributed by atoms with Crippen LogP contribution in [0.2, 0.25) is 0 Å². The van der Waals surface area contributed by atoms with E-state index in [-0.39, 0.29) is 11.7 Å².